The first-order valence-corrected chi connectivity index (χ1v) is 9.90. The zero-order chi connectivity index (χ0) is 20.4. The number of rotatable bonds is 12. The van der Waals surface area contributed by atoms with E-state index in [-0.39, 0.29) is 17.5 Å². The van der Waals surface area contributed by atoms with Gasteiger partial charge in [0.2, 0.25) is 0 Å². The van der Waals surface area contributed by atoms with Crippen LogP contribution in [0.1, 0.15) is 48.6 Å². The topological polar surface area (TPSA) is 81.7 Å². The van der Waals surface area contributed by atoms with Crippen molar-refractivity contribution >= 4 is 28.8 Å². The van der Waals surface area contributed by atoms with Crippen LogP contribution in [-0.4, -0.2) is 50.9 Å². The van der Waals surface area contributed by atoms with Crippen LogP contribution in [0.5, 0.6) is 0 Å². The quantitative estimate of drug-likeness (QED) is 0.435. The molecule has 0 spiro atoms. The number of thiophene rings is 1. The van der Waals surface area contributed by atoms with Crippen molar-refractivity contribution < 1.29 is 23.9 Å². The molecule has 0 unspecified atom stereocenters. The van der Waals surface area contributed by atoms with Crippen molar-refractivity contribution in [3.05, 3.63) is 57.3 Å². The molecule has 0 fully saturated rings. The largest absolute Gasteiger partial charge is 0.382 e. The first-order valence-electron chi connectivity index (χ1n) is 9.09. The van der Waals surface area contributed by atoms with Crippen LogP contribution in [0.2, 0.25) is 0 Å². The average Bonchev–Trinajstić information content (AvgIpc) is 3.20. The van der Waals surface area contributed by atoms with Crippen molar-refractivity contribution in [2.75, 3.05) is 33.5 Å². The number of methoxy groups -OCH3 is 1. The minimum atomic E-state index is -0.159. The predicted octanol–water partition coefficient (Wildman–Crippen LogP) is 3.16. The summed E-state index contributed by atoms with van der Waals surface area (Å²) in [7, 11) is 1.61. The molecule has 2 aromatic rings. The maximum Gasteiger partial charge on any atom is 0.251 e. The molecule has 1 heterocycles. The van der Waals surface area contributed by atoms with Crippen molar-refractivity contribution in [1.29, 1.82) is 0 Å². The van der Waals surface area contributed by atoms with E-state index in [4.69, 9.17) is 9.47 Å². The highest BCUT2D eigenvalue weighted by Crippen LogP contribution is 2.19. The summed E-state index contributed by atoms with van der Waals surface area (Å²) in [6, 6.07) is 10.6. The molecule has 1 aromatic heterocycles. The molecule has 7 heteroatoms. The van der Waals surface area contributed by atoms with Gasteiger partial charge >= 0.3 is 0 Å². The Morgan fingerprint density at radius 1 is 0.964 bits per heavy atom. The number of aryl methyl sites for hydroxylation is 1. The molecule has 2 rings (SSSR count). The van der Waals surface area contributed by atoms with Crippen LogP contribution < -0.4 is 5.32 Å². The molecule has 0 saturated heterocycles. The highest BCUT2D eigenvalue weighted by atomic mass is 32.1. The minimum Gasteiger partial charge on any atom is -0.382 e. The van der Waals surface area contributed by atoms with Crippen LogP contribution in [0, 0.1) is 0 Å². The molecule has 0 aliphatic rings. The van der Waals surface area contributed by atoms with Gasteiger partial charge in [-0.3, -0.25) is 14.4 Å². The number of amides is 1. The lowest BCUT2D eigenvalue weighted by molar-refractivity contribution is 0.0692. The van der Waals surface area contributed by atoms with Crippen LogP contribution in [0.4, 0.5) is 0 Å². The summed E-state index contributed by atoms with van der Waals surface area (Å²) in [6.45, 7) is 3.39. The van der Waals surface area contributed by atoms with Gasteiger partial charge < -0.3 is 14.8 Å². The summed E-state index contributed by atoms with van der Waals surface area (Å²) in [5.41, 5.74) is 1.55. The fourth-order valence-corrected chi connectivity index (χ4v) is 3.33. The third-order valence-electron chi connectivity index (χ3n) is 4.05. The first-order chi connectivity index (χ1) is 13.5. The van der Waals surface area contributed by atoms with Gasteiger partial charge in [0.05, 0.1) is 29.6 Å². The lowest BCUT2D eigenvalue weighted by atomic mass is 10.0. The first kappa shape index (κ1) is 21.9. The van der Waals surface area contributed by atoms with E-state index in [2.05, 4.69) is 5.32 Å². The maximum absolute atomic E-state index is 12.3. The second-order valence-corrected chi connectivity index (χ2v) is 7.29. The fourth-order valence-electron chi connectivity index (χ4n) is 2.46. The van der Waals surface area contributed by atoms with Crippen molar-refractivity contribution in [3.8, 4) is 0 Å². The Hall–Kier alpha value is -2.35. The monoisotopic (exact) mass is 403 g/mol. The van der Waals surface area contributed by atoms with Crippen LogP contribution in [0.3, 0.4) is 0 Å². The number of carbonyl (C=O) groups is 3. The van der Waals surface area contributed by atoms with E-state index in [0.29, 0.717) is 54.5 Å². The minimum absolute atomic E-state index is 0.0211. The van der Waals surface area contributed by atoms with Gasteiger partial charge in [-0.25, -0.2) is 0 Å². The number of Topliss-reactive ketones (excluding diaryl/α,β-unsaturated/α-hetero) is 2. The van der Waals surface area contributed by atoms with Gasteiger partial charge in [-0.1, -0.05) is 12.1 Å². The van der Waals surface area contributed by atoms with Crippen LogP contribution in [-0.2, 0) is 15.9 Å². The second kappa shape index (κ2) is 11.5. The number of nitrogens with one attached hydrogen (secondary N) is 1. The van der Waals surface area contributed by atoms with Crippen molar-refractivity contribution in [2.24, 2.45) is 0 Å². The van der Waals surface area contributed by atoms with Crippen LogP contribution >= 0.6 is 11.3 Å². The Bertz CT molecular complexity index is 797. The Kier molecular flexibility index (Phi) is 9.00. The van der Waals surface area contributed by atoms with E-state index in [9.17, 15) is 14.4 Å². The average molecular weight is 404 g/mol. The highest BCUT2D eigenvalue weighted by molar-refractivity contribution is 7.16. The molecule has 0 aliphatic carbocycles. The molecule has 6 nitrogen and oxygen atoms in total. The van der Waals surface area contributed by atoms with Gasteiger partial charge in [-0.2, -0.15) is 0 Å². The lowest BCUT2D eigenvalue weighted by Gasteiger charge is -2.07. The van der Waals surface area contributed by atoms with E-state index < -0.39 is 0 Å². The summed E-state index contributed by atoms with van der Waals surface area (Å²) in [6.07, 6.45) is 0.948. The standard InChI is InChI=1S/C21H25NO5S/c1-15(23)19-9-10-20(28-19)18(24)8-5-16-3-6-17(7-4-16)21(25)22-11-12-27-14-13-26-2/h3-4,6-7,9-10H,5,8,11-14H2,1-2H3,(H,22,25). The van der Waals surface area contributed by atoms with E-state index >= 15 is 0 Å². The fraction of sp³-hybridized carbons (Fsp3) is 0.381. The van der Waals surface area contributed by atoms with E-state index in [1.807, 2.05) is 12.1 Å². The summed E-state index contributed by atoms with van der Waals surface area (Å²) < 4.78 is 10.2. The number of hydrogen-bond donors (Lipinski definition) is 1. The smallest absolute Gasteiger partial charge is 0.251 e. The molecule has 0 bridgehead atoms. The molecule has 150 valence electrons. The number of ether oxygens (including phenoxy) is 2. The third-order valence-corrected chi connectivity index (χ3v) is 5.28. The summed E-state index contributed by atoms with van der Waals surface area (Å²) >= 11 is 1.24. The molecule has 28 heavy (non-hydrogen) atoms. The highest BCUT2D eigenvalue weighted by Gasteiger charge is 2.12. The summed E-state index contributed by atoms with van der Waals surface area (Å²) in [5, 5.41) is 2.79. The van der Waals surface area contributed by atoms with E-state index in [1.165, 1.54) is 18.3 Å². The molecule has 0 saturated carbocycles. The molecule has 0 atom stereocenters. The van der Waals surface area contributed by atoms with Crippen LogP contribution in [0.25, 0.3) is 0 Å². The number of hydrogen-bond acceptors (Lipinski definition) is 6. The number of ketones is 2. The van der Waals surface area contributed by atoms with Crippen molar-refractivity contribution in [1.82, 2.24) is 5.32 Å². The van der Waals surface area contributed by atoms with Crippen LogP contribution in [0.15, 0.2) is 36.4 Å². The van der Waals surface area contributed by atoms with E-state index in [0.717, 1.165) is 5.56 Å². The second-order valence-electron chi connectivity index (χ2n) is 6.20. The van der Waals surface area contributed by atoms with Gasteiger partial charge in [0.25, 0.3) is 5.91 Å². The Labute approximate surface area is 168 Å². The molecule has 1 aromatic carbocycles. The SMILES string of the molecule is COCCOCCNC(=O)c1ccc(CCC(=O)c2ccc(C(C)=O)s2)cc1. The third kappa shape index (κ3) is 6.99. The zero-order valence-corrected chi connectivity index (χ0v) is 17.0. The summed E-state index contributed by atoms with van der Waals surface area (Å²) in [5.74, 6) is -0.166. The van der Waals surface area contributed by atoms with Crippen molar-refractivity contribution in [3.63, 3.8) is 0 Å². The Balaban J connectivity index is 1.76. The molecular formula is C21H25NO5S. The molecule has 1 amide bonds. The van der Waals surface area contributed by atoms with Gasteiger partial charge in [0.15, 0.2) is 11.6 Å². The predicted molar refractivity (Wildman–Crippen MR) is 108 cm³/mol. The number of benzene rings is 1. The van der Waals surface area contributed by atoms with E-state index in [1.54, 1.807) is 31.4 Å². The Morgan fingerprint density at radius 2 is 1.68 bits per heavy atom. The summed E-state index contributed by atoms with van der Waals surface area (Å²) in [4.78, 5) is 36.9. The maximum atomic E-state index is 12.3. The van der Waals surface area contributed by atoms with Gasteiger partial charge in [0.1, 0.15) is 0 Å². The van der Waals surface area contributed by atoms with Gasteiger partial charge in [-0.05, 0) is 43.2 Å². The molecule has 0 radical (unpaired) electrons. The molecular weight excluding hydrogens is 378 g/mol. The van der Waals surface area contributed by atoms with Gasteiger partial charge in [-0.15, -0.1) is 11.3 Å². The Morgan fingerprint density at radius 3 is 2.32 bits per heavy atom. The van der Waals surface area contributed by atoms with Crippen molar-refractivity contribution in [2.45, 2.75) is 19.8 Å². The zero-order valence-electron chi connectivity index (χ0n) is 16.2. The van der Waals surface area contributed by atoms with Gasteiger partial charge in [0, 0.05) is 25.6 Å². The number of carbonyl (C=O) groups excluding carboxylic acids is 3. The normalized spacial score (nSPS) is 10.6. The molecule has 0 aliphatic heterocycles. The lowest BCUT2D eigenvalue weighted by Crippen LogP contribution is -2.27. The molecule has 1 N–H and O–H groups in total.